The molecule has 3 heteroatoms. The van der Waals surface area contributed by atoms with Gasteiger partial charge in [0.2, 0.25) is 5.76 Å². The lowest BCUT2D eigenvalue weighted by molar-refractivity contribution is -0.444. The molecule has 0 bridgehead atoms. The van der Waals surface area contributed by atoms with Crippen molar-refractivity contribution in [1.82, 2.24) is 5.32 Å². The number of amidine groups is 1. The van der Waals surface area contributed by atoms with E-state index in [9.17, 15) is 0 Å². The van der Waals surface area contributed by atoms with E-state index in [1.807, 2.05) is 12.1 Å². The van der Waals surface area contributed by atoms with E-state index in [0.717, 1.165) is 24.7 Å². The van der Waals surface area contributed by atoms with Crippen molar-refractivity contribution in [2.45, 2.75) is 0 Å². The first kappa shape index (κ1) is 5.53. The van der Waals surface area contributed by atoms with Gasteiger partial charge in [0, 0.05) is 0 Å². The largest absolute Gasteiger partial charge is 0.456 e. The van der Waals surface area contributed by atoms with Crippen LogP contribution in [0.5, 0.6) is 0 Å². The van der Waals surface area contributed by atoms with E-state index in [1.54, 1.807) is 6.26 Å². The van der Waals surface area contributed by atoms with Crippen molar-refractivity contribution >= 4 is 5.84 Å². The lowest BCUT2D eigenvalue weighted by Crippen LogP contribution is -2.70. The first-order valence-corrected chi connectivity index (χ1v) is 3.35. The smallest absolute Gasteiger partial charge is 0.311 e. The van der Waals surface area contributed by atoms with Gasteiger partial charge in [-0.2, -0.15) is 0 Å². The van der Waals surface area contributed by atoms with E-state index in [0.29, 0.717) is 0 Å². The van der Waals surface area contributed by atoms with Crippen molar-refractivity contribution in [3.8, 4) is 0 Å². The molecular weight excluding hydrogens is 128 g/mol. The Morgan fingerprint density at radius 3 is 3.20 bits per heavy atom. The highest BCUT2D eigenvalue weighted by Gasteiger charge is 2.16. The summed E-state index contributed by atoms with van der Waals surface area (Å²) >= 11 is 0. The van der Waals surface area contributed by atoms with Crippen LogP contribution in [0.3, 0.4) is 0 Å². The van der Waals surface area contributed by atoms with Gasteiger partial charge in [-0.3, -0.25) is 10.3 Å². The fourth-order valence-electron chi connectivity index (χ4n) is 1.03. The first-order chi connectivity index (χ1) is 4.97. The molecule has 2 N–H and O–H groups in total. The summed E-state index contributed by atoms with van der Waals surface area (Å²) in [6.07, 6.45) is 1.67. The zero-order chi connectivity index (χ0) is 6.81. The Kier molecular flexibility index (Phi) is 1.20. The summed E-state index contributed by atoms with van der Waals surface area (Å²) in [4.78, 5) is 3.17. The molecule has 0 radical (unpaired) electrons. The molecule has 52 valence electrons. The Morgan fingerprint density at radius 1 is 1.60 bits per heavy atom. The molecule has 2 rings (SSSR count). The molecule has 0 unspecified atom stereocenters. The Labute approximate surface area is 58.8 Å². The summed E-state index contributed by atoms with van der Waals surface area (Å²) in [5.41, 5.74) is 0. The van der Waals surface area contributed by atoms with Crippen LogP contribution < -0.4 is 10.3 Å². The Bertz CT molecular complexity index is 238. The molecule has 0 amide bonds. The molecule has 1 aliphatic rings. The van der Waals surface area contributed by atoms with Crippen molar-refractivity contribution < 1.29 is 9.41 Å². The van der Waals surface area contributed by atoms with Crippen LogP contribution in [-0.4, -0.2) is 18.9 Å². The van der Waals surface area contributed by atoms with Gasteiger partial charge in [0.05, 0.1) is 6.26 Å². The van der Waals surface area contributed by atoms with Gasteiger partial charge in [-0.1, -0.05) is 0 Å². The molecule has 1 aromatic heterocycles. The van der Waals surface area contributed by atoms with Gasteiger partial charge in [-0.25, -0.2) is 0 Å². The second-order valence-electron chi connectivity index (χ2n) is 2.21. The molecule has 0 spiro atoms. The summed E-state index contributed by atoms with van der Waals surface area (Å²) in [7, 11) is 0. The van der Waals surface area contributed by atoms with E-state index in [4.69, 9.17) is 4.42 Å². The quantitative estimate of drug-likeness (QED) is 0.505. The average molecular weight is 137 g/mol. The standard InChI is InChI=1S/C7H8N2O/c1-2-6(10-5-1)7-8-3-4-9-7/h1-2,5H,3-4H2,(H,8,9)/p+1. The number of rotatable bonds is 1. The predicted molar refractivity (Wildman–Crippen MR) is 36.6 cm³/mol. The molecule has 10 heavy (non-hydrogen) atoms. The highest BCUT2D eigenvalue weighted by molar-refractivity contribution is 5.91. The van der Waals surface area contributed by atoms with Crippen molar-refractivity contribution in [2.75, 3.05) is 13.1 Å². The zero-order valence-corrected chi connectivity index (χ0v) is 5.55. The summed E-state index contributed by atoms with van der Waals surface area (Å²) in [6.45, 7) is 1.96. The molecule has 2 heterocycles. The molecule has 3 nitrogen and oxygen atoms in total. The SMILES string of the molecule is c1coc(C2=[NH+]CCN2)c1. The zero-order valence-electron chi connectivity index (χ0n) is 5.55. The van der Waals surface area contributed by atoms with Crippen molar-refractivity contribution in [3.05, 3.63) is 24.2 Å². The highest BCUT2D eigenvalue weighted by atomic mass is 16.3. The van der Waals surface area contributed by atoms with E-state index in [2.05, 4.69) is 10.3 Å². The maximum atomic E-state index is 5.16. The Morgan fingerprint density at radius 2 is 2.60 bits per heavy atom. The molecule has 0 aliphatic carbocycles. The van der Waals surface area contributed by atoms with Crippen LogP contribution in [0.1, 0.15) is 5.76 Å². The van der Waals surface area contributed by atoms with Crippen LogP contribution >= 0.6 is 0 Å². The van der Waals surface area contributed by atoms with Gasteiger partial charge in [0.25, 0.3) is 0 Å². The van der Waals surface area contributed by atoms with E-state index >= 15 is 0 Å². The summed E-state index contributed by atoms with van der Waals surface area (Å²) in [5, 5.41) is 3.17. The Hall–Kier alpha value is -1.25. The van der Waals surface area contributed by atoms with Gasteiger partial charge in [0.1, 0.15) is 13.1 Å². The van der Waals surface area contributed by atoms with Crippen LogP contribution in [0.4, 0.5) is 0 Å². The molecule has 1 aromatic rings. The molecule has 0 fully saturated rings. The second kappa shape index (κ2) is 2.17. The fourth-order valence-corrected chi connectivity index (χ4v) is 1.03. The number of hydrogen-bond acceptors (Lipinski definition) is 2. The van der Waals surface area contributed by atoms with Crippen molar-refractivity contribution in [2.24, 2.45) is 0 Å². The van der Waals surface area contributed by atoms with E-state index in [1.165, 1.54) is 0 Å². The third kappa shape index (κ3) is 0.795. The minimum absolute atomic E-state index is 0.887. The maximum absolute atomic E-state index is 5.16. The van der Waals surface area contributed by atoms with Gasteiger partial charge >= 0.3 is 5.84 Å². The summed E-state index contributed by atoms with van der Waals surface area (Å²) < 4.78 is 5.16. The normalized spacial score (nSPS) is 16.6. The molecule has 0 saturated carbocycles. The van der Waals surface area contributed by atoms with Crippen LogP contribution in [0.15, 0.2) is 22.8 Å². The van der Waals surface area contributed by atoms with Gasteiger partial charge in [-0.15, -0.1) is 0 Å². The predicted octanol–water partition coefficient (Wildman–Crippen LogP) is -1.29. The second-order valence-corrected chi connectivity index (χ2v) is 2.21. The van der Waals surface area contributed by atoms with Crippen LogP contribution in [-0.2, 0) is 0 Å². The molecular formula is C7H9N2O+. The lowest BCUT2D eigenvalue weighted by atomic mass is 10.4. The van der Waals surface area contributed by atoms with Gasteiger partial charge < -0.3 is 4.42 Å². The van der Waals surface area contributed by atoms with Crippen molar-refractivity contribution in [1.29, 1.82) is 0 Å². The first-order valence-electron chi connectivity index (χ1n) is 3.35. The monoisotopic (exact) mass is 137 g/mol. The third-order valence-corrected chi connectivity index (χ3v) is 1.50. The molecule has 0 atom stereocenters. The third-order valence-electron chi connectivity index (χ3n) is 1.50. The van der Waals surface area contributed by atoms with E-state index < -0.39 is 0 Å². The summed E-state index contributed by atoms with van der Waals surface area (Å²) in [5.74, 6) is 1.89. The minimum atomic E-state index is 0.887. The van der Waals surface area contributed by atoms with Crippen LogP contribution in [0.2, 0.25) is 0 Å². The topological polar surface area (TPSA) is 39.1 Å². The van der Waals surface area contributed by atoms with Gasteiger partial charge in [-0.05, 0) is 12.1 Å². The molecule has 1 aliphatic heterocycles. The highest BCUT2D eigenvalue weighted by Crippen LogP contribution is 1.97. The maximum Gasteiger partial charge on any atom is 0.311 e. The Balaban J connectivity index is 2.28. The minimum Gasteiger partial charge on any atom is -0.456 e. The van der Waals surface area contributed by atoms with E-state index in [-0.39, 0.29) is 0 Å². The van der Waals surface area contributed by atoms with Gasteiger partial charge in [0.15, 0.2) is 0 Å². The van der Waals surface area contributed by atoms with Crippen LogP contribution in [0, 0.1) is 0 Å². The molecule has 0 aromatic carbocycles. The summed E-state index contributed by atoms with van der Waals surface area (Å²) in [6, 6.07) is 3.81. The van der Waals surface area contributed by atoms with Crippen molar-refractivity contribution in [3.63, 3.8) is 0 Å². The number of furan rings is 1. The number of hydrogen-bond donors (Lipinski definition) is 2. The lowest BCUT2D eigenvalue weighted by Gasteiger charge is -1.86. The fraction of sp³-hybridized carbons (Fsp3) is 0.286. The number of nitrogens with one attached hydrogen (secondary N) is 2. The average Bonchev–Trinajstić information content (AvgIpc) is 2.59. The molecule has 0 saturated heterocycles. The van der Waals surface area contributed by atoms with Crippen LogP contribution in [0.25, 0.3) is 0 Å².